The molecule has 0 saturated carbocycles. The SMILES string of the molecule is COc1ccccc1C(=O)NC(=O)COC(=O)C[C@@H](NC(C)=O)c1ccccc1. The number of rotatable bonds is 8. The van der Waals surface area contributed by atoms with Gasteiger partial charge in [-0.05, 0) is 17.7 Å². The quantitative estimate of drug-likeness (QED) is 0.656. The van der Waals surface area contributed by atoms with Gasteiger partial charge in [0.1, 0.15) is 5.75 Å². The van der Waals surface area contributed by atoms with Gasteiger partial charge in [0.2, 0.25) is 5.91 Å². The summed E-state index contributed by atoms with van der Waals surface area (Å²) < 4.78 is 10.0. The second-order valence-electron chi connectivity index (χ2n) is 6.11. The van der Waals surface area contributed by atoms with Crippen LogP contribution in [0.3, 0.4) is 0 Å². The standard InChI is InChI=1S/C21H22N2O6/c1-14(24)22-17(15-8-4-3-5-9-15)12-20(26)29-13-19(25)23-21(27)16-10-6-7-11-18(16)28-2/h3-11,17H,12-13H2,1-2H3,(H,22,24)(H,23,25,27)/t17-/m1/s1. The first-order valence-electron chi connectivity index (χ1n) is 8.85. The van der Waals surface area contributed by atoms with Gasteiger partial charge in [-0.15, -0.1) is 0 Å². The van der Waals surface area contributed by atoms with Crippen LogP contribution in [0.4, 0.5) is 0 Å². The Morgan fingerprint density at radius 2 is 1.62 bits per heavy atom. The third kappa shape index (κ3) is 6.76. The first-order valence-corrected chi connectivity index (χ1v) is 8.85. The number of ether oxygens (including phenoxy) is 2. The minimum Gasteiger partial charge on any atom is -0.496 e. The molecule has 2 rings (SSSR count). The van der Waals surface area contributed by atoms with Gasteiger partial charge in [-0.2, -0.15) is 0 Å². The number of hydrogen-bond donors (Lipinski definition) is 2. The fourth-order valence-electron chi connectivity index (χ4n) is 2.62. The molecule has 29 heavy (non-hydrogen) atoms. The van der Waals surface area contributed by atoms with Crippen LogP contribution in [0, 0.1) is 0 Å². The molecule has 1 atom stereocenters. The lowest BCUT2D eigenvalue weighted by Crippen LogP contribution is -2.35. The first-order chi connectivity index (χ1) is 13.9. The largest absolute Gasteiger partial charge is 0.496 e. The monoisotopic (exact) mass is 398 g/mol. The molecule has 0 radical (unpaired) electrons. The number of esters is 1. The van der Waals surface area contributed by atoms with Crippen molar-refractivity contribution in [2.45, 2.75) is 19.4 Å². The lowest BCUT2D eigenvalue weighted by molar-refractivity contribution is -0.149. The van der Waals surface area contributed by atoms with Gasteiger partial charge in [0.15, 0.2) is 6.61 Å². The molecule has 0 bridgehead atoms. The number of hydrogen-bond acceptors (Lipinski definition) is 6. The maximum absolute atomic E-state index is 12.2. The van der Waals surface area contributed by atoms with Crippen LogP contribution in [0.25, 0.3) is 0 Å². The van der Waals surface area contributed by atoms with Crippen LogP contribution in [0.2, 0.25) is 0 Å². The summed E-state index contributed by atoms with van der Waals surface area (Å²) >= 11 is 0. The van der Waals surface area contributed by atoms with Crippen molar-refractivity contribution >= 4 is 23.7 Å². The van der Waals surface area contributed by atoms with Crippen molar-refractivity contribution in [2.24, 2.45) is 0 Å². The fraction of sp³-hybridized carbons (Fsp3) is 0.238. The minimum absolute atomic E-state index is 0.155. The van der Waals surface area contributed by atoms with Crippen molar-refractivity contribution in [3.63, 3.8) is 0 Å². The van der Waals surface area contributed by atoms with E-state index < -0.39 is 30.4 Å². The van der Waals surface area contributed by atoms with Gasteiger partial charge in [0, 0.05) is 6.92 Å². The van der Waals surface area contributed by atoms with E-state index in [0.29, 0.717) is 5.75 Å². The number of carbonyl (C=O) groups excluding carboxylic acids is 4. The third-order valence-electron chi connectivity index (χ3n) is 3.92. The van der Waals surface area contributed by atoms with Gasteiger partial charge in [-0.25, -0.2) is 0 Å². The zero-order valence-corrected chi connectivity index (χ0v) is 16.1. The molecular formula is C21H22N2O6. The Labute approximate surface area is 168 Å². The van der Waals surface area contributed by atoms with E-state index in [1.807, 2.05) is 6.07 Å². The van der Waals surface area contributed by atoms with E-state index in [0.717, 1.165) is 5.56 Å². The molecule has 3 amide bonds. The normalized spacial score (nSPS) is 11.1. The van der Waals surface area contributed by atoms with E-state index in [9.17, 15) is 19.2 Å². The highest BCUT2D eigenvalue weighted by Crippen LogP contribution is 2.18. The maximum atomic E-state index is 12.2. The number of carbonyl (C=O) groups is 4. The Kier molecular flexibility index (Phi) is 7.90. The van der Waals surface area contributed by atoms with E-state index in [2.05, 4.69) is 10.6 Å². The van der Waals surface area contributed by atoms with E-state index in [-0.39, 0.29) is 17.9 Å². The van der Waals surface area contributed by atoms with Gasteiger partial charge in [-0.1, -0.05) is 42.5 Å². The molecule has 0 aliphatic carbocycles. The Morgan fingerprint density at radius 3 is 2.28 bits per heavy atom. The van der Waals surface area contributed by atoms with Crippen molar-refractivity contribution in [1.82, 2.24) is 10.6 Å². The molecule has 0 saturated heterocycles. The maximum Gasteiger partial charge on any atom is 0.308 e. The summed E-state index contributed by atoms with van der Waals surface area (Å²) in [6, 6.07) is 14.8. The van der Waals surface area contributed by atoms with Crippen LogP contribution in [-0.2, 0) is 19.1 Å². The molecule has 0 aliphatic rings. The zero-order chi connectivity index (χ0) is 21.2. The predicted octanol–water partition coefficient (Wildman–Crippen LogP) is 1.76. The van der Waals surface area contributed by atoms with Gasteiger partial charge >= 0.3 is 5.97 Å². The molecule has 8 heteroatoms. The Hall–Kier alpha value is -3.68. The van der Waals surface area contributed by atoms with Crippen molar-refractivity contribution < 1.29 is 28.7 Å². The number of nitrogens with one attached hydrogen (secondary N) is 2. The first kappa shape index (κ1) is 21.6. The van der Waals surface area contributed by atoms with Gasteiger partial charge in [0.05, 0.1) is 25.1 Å². The van der Waals surface area contributed by atoms with E-state index >= 15 is 0 Å². The summed E-state index contributed by atoms with van der Waals surface area (Å²) in [4.78, 5) is 47.6. The van der Waals surface area contributed by atoms with Gasteiger partial charge in [0.25, 0.3) is 11.8 Å². The highest BCUT2D eigenvalue weighted by Gasteiger charge is 2.20. The van der Waals surface area contributed by atoms with Crippen molar-refractivity contribution in [1.29, 1.82) is 0 Å². The number of methoxy groups -OCH3 is 1. The topological polar surface area (TPSA) is 111 Å². The lowest BCUT2D eigenvalue weighted by Gasteiger charge is -2.17. The van der Waals surface area contributed by atoms with Crippen LogP contribution in [-0.4, -0.2) is 37.4 Å². The highest BCUT2D eigenvalue weighted by molar-refractivity contribution is 6.06. The number of amides is 3. The summed E-state index contributed by atoms with van der Waals surface area (Å²) in [5.41, 5.74) is 0.917. The van der Waals surface area contributed by atoms with Crippen LogP contribution in [0.5, 0.6) is 5.75 Å². The number of benzene rings is 2. The Morgan fingerprint density at radius 1 is 0.966 bits per heavy atom. The summed E-state index contributed by atoms with van der Waals surface area (Å²) in [6.45, 7) is 0.722. The molecule has 8 nitrogen and oxygen atoms in total. The lowest BCUT2D eigenvalue weighted by atomic mass is 10.0. The molecule has 2 aromatic carbocycles. The van der Waals surface area contributed by atoms with Crippen molar-refractivity contribution in [3.05, 3.63) is 65.7 Å². The molecular weight excluding hydrogens is 376 g/mol. The van der Waals surface area contributed by atoms with Gasteiger partial charge < -0.3 is 14.8 Å². The van der Waals surface area contributed by atoms with Gasteiger partial charge in [-0.3, -0.25) is 24.5 Å². The second kappa shape index (κ2) is 10.6. The molecule has 2 aromatic rings. The smallest absolute Gasteiger partial charge is 0.308 e. The summed E-state index contributed by atoms with van der Waals surface area (Å²) in [7, 11) is 1.41. The zero-order valence-electron chi connectivity index (χ0n) is 16.1. The molecule has 0 fully saturated rings. The molecule has 0 spiro atoms. The fourth-order valence-corrected chi connectivity index (χ4v) is 2.62. The van der Waals surface area contributed by atoms with Crippen molar-refractivity contribution in [3.8, 4) is 5.75 Å². The average molecular weight is 398 g/mol. The minimum atomic E-state index is -0.773. The molecule has 2 N–H and O–H groups in total. The molecule has 0 aromatic heterocycles. The van der Waals surface area contributed by atoms with Crippen molar-refractivity contribution in [2.75, 3.05) is 13.7 Å². The average Bonchev–Trinajstić information content (AvgIpc) is 2.72. The number of para-hydroxylation sites is 1. The van der Waals surface area contributed by atoms with E-state index in [4.69, 9.17) is 9.47 Å². The number of imide groups is 1. The summed E-state index contributed by atoms with van der Waals surface area (Å²) in [5.74, 6) is -2.11. The second-order valence-corrected chi connectivity index (χ2v) is 6.11. The predicted molar refractivity (Wildman–Crippen MR) is 104 cm³/mol. The molecule has 152 valence electrons. The Bertz CT molecular complexity index is 882. The van der Waals surface area contributed by atoms with Crippen LogP contribution in [0.15, 0.2) is 54.6 Å². The summed E-state index contributed by atoms with van der Waals surface area (Å²) in [6.07, 6.45) is -0.155. The molecule has 0 unspecified atom stereocenters. The molecule has 0 aliphatic heterocycles. The van der Waals surface area contributed by atoms with Crippen LogP contribution in [0.1, 0.15) is 35.3 Å². The highest BCUT2D eigenvalue weighted by atomic mass is 16.5. The third-order valence-corrected chi connectivity index (χ3v) is 3.92. The van der Waals surface area contributed by atoms with Crippen LogP contribution < -0.4 is 15.4 Å². The van der Waals surface area contributed by atoms with E-state index in [1.54, 1.807) is 42.5 Å². The summed E-state index contributed by atoms with van der Waals surface area (Å²) in [5, 5.41) is 4.81. The Balaban J connectivity index is 1.89. The molecule has 0 heterocycles. The van der Waals surface area contributed by atoms with E-state index in [1.165, 1.54) is 20.1 Å². The van der Waals surface area contributed by atoms with Crippen LogP contribution >= 0.6 is 0 Å².